The van der Waals surface area contributed by atoms with E-state index >= 15 is 0 Å². The summed E-state index contributed by atoms with van der Waals surface area (Å²) < 4.78 is 70.7. The largest absolute Gasteiger partial charge is 0.491 e. The number of sulfone groups is 1. The first-order chi connectivity index (χ1) is 21.4. The molecule has 1 aromatic carbocycles. The number of amides is 1. The molecule has 2 saturated heterocycles. The number of anilines is 1. The summed E-state index contributed by atoms with van der Waals surface area (Å²) in [6.45, 7) is 1.17. The van der Waals surface area contributed by atoms with Gasteiger partial charge in [0.1, 0.15) is 35.7 Å². The molecule has 4 heterocycles. The van der Waals surface area contributed by atoms with Crippen molar-refractivity contribution in [3.63, 3.8) is 0 Å². The molecule has 3 fully saturated rings. The predicted octanol–water partition coefficient (Wildman–Crippen LogP) is 1.58. The van der Waals surface area contributed by atoms with Crippen molar-refractivity contribution < 1.29 is 46.1 Å². The number of hydrogen-bond donors (Lipinski definition) is 2. The van der Waals surface area contributed by atoms with Gasteiger partial charge in [0, 0.05) is 20.1 Å². The SMILES string of the molecule is CN1CCOc2ncc(S(=O)(=O)N3CCC4(CC3)CC(N(CC(O)COc3cccc(S(=O)(=O)C5CC5)c3)C(=O)O)CO4)cc21. The summed E-state index contributed by atoms with van der Waals surface area (Å²) >= 11 is 0. The molecule has 2 aromatic rings. The molecule has 2 N–H and O–H groups in total. The molecule has 1 amide bonds. The third-order valence-corrected chi connectivity index (χ3v) is 13.1. The highest BCUT2D eigenvalue weighted by Crippen LogP contribution is 2.40. The highest BCUT2D eigenvalue weighted by molar-refractivity contribution is 7.92. The molecule has 6 rings (SSSR count). The number of sulfonamides is 1. The average Bonchev–Trinajstić information content (AvgIpc) is 3.82. The number of likely N-dealkylation sites (N-methyl/N-ethyl adjacent to an activating group) is 1. The fourth-order valence-corrected chi connectivity index (χ4v) is 9.27. The Hall–Kier alpha value is -3.18. The van der Waals surface area contributed by atoms with Crippen LogP contribution in [0.3, 0.4) is 0 Å². The van der Waals surface area contributed by atoms with Gasteiger partial charge in [-0.2, -0.15) is 4.31 Å². The number of pyridine rings is 1. The van der Waals surface area contributed by atoms with Crippen molar-refractivity contribution in [3.05, 3.63) is 36.5 Å². The molecule has 1 aliphatic carbocycles. The highest BCUT2D eigenvalue weighted by atomic mass is 32.2. The third kappa shape index (κ3) is 6.56. The Balaban J connectivity index is 1.04. The molecular formula is C29H38N4O10S2. The van der Waals surface area contributed by atoms with Crippen molar-refractivity contribution in [2.45, 2.75) is 64.9 Å². The maximum absolute atomic E-state index is 13.5. The minimum Gasteiger partial charge on any atom is -0.491 e. The Bertz CT molecular complexity index is 1640. The molecule has 1 saturated carbocycles. The Morgan fingerprint density at radius 2 is 1.91 bits per heavy atom. The van der Waals surface area contributed by atoms with Crippen LogP contribution < -0.4 is 14.4 Å². The van der Waals surface area contributed by atoms with E-state index in [1.807, 2.05) is 11.9 Å². The standard InChI is InChI=1S/C29H38N4O10S2/c1-31-11-12-41-27-26(31)14-25(16-30-27)45(39,40)32-9-7-29(8-10-32)15-20(18-43-29)33(28(35)36)17-21(34)19-42-22-3-2-4-24(13-22)44(37,38)23-5-6-23/h2-4,13-14,16,20-21,23,34H,5-12,15,17-19H2,1H3,(H,35,36). The van der Waals surface area contributed by atoms with Crippen LogP contribution in [0.5, 0.6) is 11.6 Å². The summed E-state index contributed by atoms with van der Waals surface area (Å²) in [5, 5.41) is 20.3. The van der Waals surface area contributed by atoms with Crippen LogP contribution in [0.1, 0.15) is 32.1 Å². The van der Waals surface area contributed by atoms with Gasteiger partial charge in [0.15, 0.2) is 9.84 Å². The van der Waals surface area contributed by atoms with Crippen LogP contribution in [0.4, 0.5) is 10.5 Å². The number of fused-ring (bicyclic) bond motifs is 1. The van der Waals surface area contributed by atoms with Crippen LogP contribution in [0.2, 0.25) is 0 Å². The smallest absolute Gasteiger partial charge is 0.407 e. The lowest BCUT2D eigenvalue weighted by atomic mass is 9.88. The van der Waals surface area contributed by atoms with E-state index in [4.69, 9.17) is 14.2 Å². The number of carboxylic acid groups (broad SMARTS) is 1. The van der Waals surface area contributed by atoms with Gasteiger partial charge in [0.05, 0.1) is 47.7 Å². The van der Waals surface area contributed by atoms with Crippen LogP contribution in [0.15, 0.2) is 46.3 Å². The second-order valence-corrected chi connectivity index (χ2v) is 16.3. The third-order valence-electron chi connectivity index (χ3n) is 8.98. The molecule has 1 spiro atoms. The zero-order valence-corrected chi connectivity index (χ0v) is 26.6. The van der Waals surface area contributed by atoms with Crippen molar-refractivity contribution in [2.75, 3.05) is 57.9 Å². The van der Waals surface area contributed by atoms with Gasteiger partial charge in [-0.3, -0.25) is 0 Å². The van der Waals surface area contributed by atoms with Gasteiger partial charge in [-0.15, -0.1) is 0 Å². The molecule has 2 unspecified atom stereocenters. The van der Waals surface area contributed by atoms with E-state index in [9.17, 15) is 31.8 Å². The van der Waals surface area contributed by atoms with Crippen LogP contribution in [-0.2, 0) is 24.6 Å². The lowest BCUT2D eigenvalue weighted by molar-refractivity contribution is -0.0319. The molecule has 0 radical (unpaired) electrons. The number of ether oxygens (including phenoxy) is 3. The van der Waals surface area contributed by atoms with Gasteiger partial charge in [-0.1, -0.05) is 6.07 Å². The number of aliphatic hydroxyl groups excluding tert-OH is 1. The van der Waals surface area contributed by atoms with Gasteiger partial charge in [-0.05, 0) is 56.4 Å². The minimum absolute atomic E-state index is 0.0873. The molecule has 14 nitrogen and oxygen atoms in total. The summed E-state index contributed by atoms with van der Waals surface area (Å²) in [6, 6.07) is 7.14. The van der Waals surface area contributed by atoms with Crippen molar-refractivity contribution in [1.29, 1.82) is 0 Å². The van der Waals surface area contributed by atoms with Crippen LogP contribution in [0.25, 0.3) is 0 Å². The van der Waals surface area contributed by atoms with Crippen molar-refractivity contribution in [2.24, 2.45) is 0 Å². The first kappa shape index (κ1) is 31.8. The lowest BCUT2D eigenvalue weighted by Gasteiger charge is -2.38. The van der Waals surface area contributed by atoms with E-state index in [0.717, 1.165) is 4.90 Å². The fourth-order valence-electron chi connectivity index (χ4n) is 6.17. The summed E-state index contributed by atoms with van der Waals surface area (Å²) in [5.41, 5.74) is -0.0595. The predicted molar refractivity (Wildman–Crippen MR) is 161 cm³/mol. The topological polar surface area (TPSA) is 176 Å². The lowest BCUT2D eigenvalue weighted by Crippen LogP contribution is -2.48. The Morgan fingerprint density at radius 1 is 1.16 bits per heavy atom. The average molecular weight is 667 g/mol. The molecule has 0 bridgehead atoms. The van der Waals surface area contributed by atoms with Crippen LogP contribution in [0, 0.1) is 0 Å². The van der Waals surface area contributed by atoms with E-state index in [1.54, 1.807) is 18.2 Å². The van der Waals surface area contributed by atoms with Crippen LogP contribution >= 0.6 is 0 Å². The molecule has 16 heteroatoms. The molecule has 3 aliphatic heterocycles. The first-order valence-corrected chi connectivity index (χ1v) is 18.0. The van der Waals surface area contributed by atoms with E-state index in [-0.39, 0.29) is 53.6 Å². The van der Waals surface area contributed by atoms with Crippen LogP contribution in [-0.4, -0.2) is 123 Å². The monoisotopic (exact) mass is 666 g/mol. The van der Waals surface area contributed by atoms with Gasteiger partial charge in [0.2, 0.25) is 15.9 Å². The summed E-state index contributed by atoms with van der Waals surface area (Å²) in [6.07, 6.45) is 1.35. The molecule has 2 atom stereocenters. The fraction of sp³-hybridized carbons (Fsp3) is 0.586. The zero-order chi connectivity index (χ0) is 32.0. The summed E-state index contributed by atoms with van der Waals surface area (Å²) in [7, 11) is -5.36. The van der Waals surface area contributed by atoms with Gasteiger partial charge < -0.3 is 34.2 Å². The molecule has 1 aromatic heterocycles. The molecule has 4 aliphatic rings. The Morgan fingerprint density at radius 3 is 2.62 bits per heavy atom. The van der Waals surface area contributed by atoms with Gasteiger partial charge in [-0.25, -0.2) is 26.6 Å². The number of aliphatic hydroxyl groups is 1. The summed E-state index contributed by atoms with van der Waals surface area (Å²) in [4.78, 5) is 19.7. The Labute approximate surface area is 262 Å². The Kier molecular flexibility index (Phi) is 8.62. The zero-order valence-electron chi connectivity index (χ0n) is 24.9. The maximum Gasteiger partial charge on any atom is 0.407 e. The number of carbonyl (C=O) groups is 1. The minimum atomic E-state index is -3.82. The van der Waals surface area contributed by atoms with Gasteiger partial charge >= 0.3 is 6.09 Å². The quantitative estimate of drug-likeness (QED) is 0.375. The summed E-state index contributed by atoms with van der Waals surface area (Å²) in [5.74, 6) is 0.674. The molecule has 246 valence electrons. The number of rotatable bonds is 10. The second kappa shape index (κ2) is 12.2. The number of hydrogen-bond acceptors (Lipinski definition) is 11. The van der Waals surface area contributed by atoms with E-state index in [1.165, 1.54) is 22.6 Å². The maximum atomic E-state index is 13.5. The first-order valence-electron chi connectivity index (χ1n) is 15.0. The number of piperidine rings is 1. The molecular weight excluding hydrogens is 628 g/mol. The number of aromatic nitrogens is 1. The van der Waals surface area contributed by atoms with E-state index in [2.05, 4.69) is 4.98 Å². The molecule has 45 heavy (non-hydrogen) atoms. The number of benzene rings is 1. The normalized spacial score (nSPS) is 22.4. The highest BCUT2D eigenvalue weighted by Gasteiger charge is 2.47. The van der Waals surface area contributed by atoms with Gasteiger partial charge in [0.25, 0.3) is 0 Å². The second-order valence-electron chi connectivity index (χ2n) is 12.1. The van der Waals surface area contributed by atoms with Crippen molar-refractivity contribution in [3.8, 4) is 11.6 Å². The number of nitrogens with zero attached hydrogens (tertiary/aromatic N) is 4. The van der Waals surface area contributed by atoms with E-state index in [0.29, 0.717) is 56.8 Å². The van der Waals surface area contributed by atoms with Crippen molar-refractivity contribution >= 4 is 31.6 Å². The van der Waals surface area contributed by atoms with E-state index < -0.39 is 43.7 Å². The van der Waals surface area contributed by atoms with Crippen molar-refractivity contribution in [1.82, 2.24) is 14.2 Å².